The van der Waals surface area contributed by atoms with Gasteiger partial charge in [0.05, 0.1) is 0 Å². The van der Waals surface area contributed by atoms with Crippen LogP contribution in [0.4, 0.5) is 23.7 Å². The smallest absolute Gasteiger partial charge is 0.432 e. The fourth-order valence-electron chi connectivity index (χ4n) is 2.87. The van der Waals surface area contributed by atoms with E-state index in [9.17, 15) is 18.0 Å². The summed E-state index contributed by atoms with van der Waals surface area (Å²) in [5.41, 5.74) is 2.13. The van der Waals surface area contributed by atoms with Gasteiger partial charge in [-0.05, 0) is 60.9 Å². The summed E-state index contributed by atoms with van der Waals surface area (Å²) in [4.78, 5) is 11.9. The maximum Gasteiger partial charge on any atom is 0.432 e. The Hall–Kier alpha value is -3.53. The predicted octanol–water partition coefficient (Wildman–Crippen LogP) is 4.36. The first-order chi connectivity index (χ1) is 14.9. The number of hydrazine groups is 1. The highest BCUT2D eigenvalue weighted by Crippen LogP contribution is 2.27. The van der Waals surface area contributed by atoms with Gasteiger partial charge in [0, 0.05) is 31.0 Å². The lowest BCUT2D eigenvalue weighted by Crippen LogP contribution is -2.37. The molecule has 0 saturated heterocycles. The highest BCUT2D eigenvalue weighted by molar-refractivity contribution is 6.02. The van der Waals surface area contributed by atoms with E-state index in [1.807, 2.05) is 13.0 Å². The number of nitrogens with zero attached hydrogens (tertiary/aromatic N) is 1. The van der Waals surface area contributed by atoms with Gasteiger partial charge in [-0.25, -0.2) is 10.6 Å². The number of hydrogen-bond acceptors (Lipinski definition) is 5. The molecule has 0 atom stereocenters. The maximum atomic E-state index is 12.7. The summed E-state index contributed by atoms with van der Waals surface area (Å²) in [5.74, 6) is 6.00. The molecule has 0 heterocycles. The number of benzene rings is 2. The van der Waals surface area contributed by atoms with Crippen molar-refractivity contribution in [1.29, 1.82) is 5.41 Å². The second-order valence-corrected chi connectivity index (χ2v) is 7.13. The van der Waals surface area contributed by atoms with Crippen LogP contribution in [-0.2, 0) is 6.61 Å². The molecule has 172 valence electrons. The minimum atomic E-state index is -4.72. The quantitative estimate of drug-likeness (QED) is 0.218. The number of carbonyl (C=O) groups excluding carboxylic acids is 1. The van der Waals surface area contributed by atoms with Gasteiger partial charge in [0.1, 0.15) is 18.1 Å². The lowest BCUT2D eigenvalue weighted by atomic mass is 10.1. The van der Waals surface area contributed by atoms with Crippen LogP contribution in [0, 0.1) is 19.3 Å². The summed E-state index contributed by atoms with van der Waals surface area (Å²) in [6.45, 7) is 3.81. The summed E-state index contributed by atoms with van der Waals surface area (Å²) in [5, 5.41) is 13.5. The molecule has 2 amide bonds. The molecule has 0 radical (unpaired) electrons. The summed E-state index contributed by atoms with van der Waals surface area (Å²) in [6.07, 6.45) is -3.98. The van der Waals surface area contributed by atoms with Crippen LogP contribution in [0.5, 0.6) is 5.75 Å². The van der Waals surface area contributed by atoms with E-state index in [-0.39, 0.29) is 12.3 Å². The predicted molar refractivity (Wildman–Crippen MR) is 118 cm³/mol. The second kappa shape index (κ2) is 10.2. The van der Waals surface area contributed by atoms with Crippen LogP contribution in [0.3, 0.4) is 0 Å². The Bertz CT molecular complexity index is 1030. The van der Waals surface area contributed by atoms with E-state index in [1.165, 1.54) is 14.1 Å². The van der Waals surface area contributed by atoms with Crippen molar-refractivity contribution in [2.75, 3.05) is 19.4 Å². The van der Waals surface area contributed by atoms with E-state index in [1.54, 1.807) is 37.3 Å². The lowest BCUT2D eigenvalue weighted by molar-refractivity contribution is -0.0584. The van der Waals surface area contributed by atoms with Crippen molar-refractivity contribution >= 4 is 23.1 Å². The molecule has 2 aromatic carbocycles. The fraction of sp³-hybridized carbons (Fsp3) is 0.273. The van der Waals surface area contributed by atoms with E-state index in [0.717, 1.165) is 22.2 Å². The largest absolute Gasteiger partial charge is 0.489 e. The highest BCUT2D eigenvalue weighted by atomic mass is 19.4. The third-order valence-electron chi connectivity index (χ3n) is 4.69. The molecule has 0 aliphatic rings. The zero-order valence-electron chi connectivity index (χ0n) is 18.2. The number of rotatable bonds is 7. The highest BCUT2D eigenvalue weighted by Gasteiger charge is 2.33. The normalized spacial score (nSPS) is 11.7. The Kier molecular flexibility index (Phi) is 7.87. The number of allylic oxidation sites excluding steroid dienone is 1. The van der Waals surface area contributed by atoms with Gasteiger partial charge in [-0.1, -0.05) is 12.1 Å². The standard InChI is InChI=1S/C22H26F3N5O2/c1-13-6-5-7-17(29-21(31)30(4)27)16(13)12-32-19-9-8-15(10-14(19)2)18(28-3)11-20(26)22(23,24)25/h5-11,26,28H,12,27H2,1-4H3,(H,29,31)/b18-11-,26-20?. The number of ether oxygens (including phenoxy) is 1. The first kappa shape index (κ1) is 24.7. The van der Waals surface area contributed by atoms with Gasteiger partial charge in [0.25, 0.3) is 0 Å². The molecule has 0 aromatic heterocycles. The van der Waals surface area contributed by atoms with Gasteiger partial charge in [0.2, 0.25) is 0 Å². The molecule has 2 rings (SSSR count). The molecule has 2 aromatic rings. The molecule has 0 unspecified atom stereocenters. The Morgan fingerprint density at radius 2 is 1.91 bits per heavy atom. The summed E-state index contributed by atoms with van der Waals surface area (Å²) < 4.78 is 44.0. The molecule has 0 aliphatic carbocycles. The Morgan fingerprint density at radius 3 is 2.47 bits per heavy atom. The Balaban J connectivity index is 2.24. The number of nitrogens with one attached hydrogen (secondary N) is 3. The van der Waals surface area contributed by atoms with Gasteiger partial charge < -0.3 is 15.4 Å². The number of halogens is 3. The average Bonchev–Trinajstić information content (AvgIpc) is 2.71. The summed E-state index contributed by atoms with van der Waals surface area (Å²) in [7, 11) is 2.91. The third-order valence-corrected chi connectivity index (χ3v) is 4.69. The molecular weight excluding hydrogens is 423 g/mol. The number of aryl methyl sites for hydroxylation is 2. The van der Waals surface area contributed by atoms with Crippen LogP contribution >= 0.6 is 0 Å². The average molecular weight is 449 g/mol. The number of amides is 2. The van der Waals surface area contributed by atoms with Gasteiger partial charge >= 0.3 is 12.2 Å². The number of carbonyl (C=O) groups is 1. The molecule has 7 nitrogen and oxygen atoms in total. The SMILES string of the molecule is CN/C(=C\C(=N)C(F)(F)F)c1ccc(OCc2c(C)cccc2NC(=O)N(C)N)c(C)c1. The van der Waals surface area contributed by atoms with E-state index >= 15 is 0 Å². The first-order valence-corrected chi connectivity index (χ1v) is 9.61. The van der Waals surface area contributed by atoms with Crippen molar-refractivity contribution in [3.8, 4) is 5.75 Å². The minimum Gasteiger partial charge on any atom is -0.489 e. The molecule has 0 saturated carbocycles. The van der Waals surface area contributed by atoms with Crippen LogP contribution in [0.25, 0.3) is 5.70 Å². The van der Waals surface area contributed by atoms with Crippen molar-refractivity contribution in [2.24, 2.45) is 5.84 Å². The number of anilines is 1. The van der Waals surface area contributed by atoms with E-state index in [0.29, 0.717) is 22.6 Å². The van der Waals surface area contributed by atoms with Gasteiger partial charge in [-0.15, -0.1) is 0 Å². The number of alkyl halides is 3. The van der Waals surface area contributed by atoms with Gasteiger partial charge in [-0.2, -0.15) is 13.2 Å². The maximum absolute atomic E-state index is 12.7. The Labute approximate surface area is 184 Å². The summed E-state index contributed by atoms with van der Waals surface area (Å²) in [6, 6.07) is 9.88. The monoisotopic (exact) mass is 449 g/mol. The Morgan fingerprint density at radius 1 is 1.22 bits per heavy atom. The van der Waals surface area contributed by atoms with E-state index in [4.69, 9.17) is 16.0 Å². The van der Waals surface area contributed by atoms with Crippen LogP contribution in [0.1, 0.15) is 22.3 Å². The van der Waals surface area contributed by atoms with Gasteiger partial charge in [-0.3, -0.25) is 10.4 Å². The van der Waals surface area contributed by atoms with Crippen LogP contribution in [0.2, 0.25) is 0 Å². The first-order valence-electron chi connectivity index (χ1n) is 9.61. The number of nitrogens with two attached hydrogens (primary N) is 1. The molecule has 0 fully saturated rings. The summed E-state index contributed by atoms with van der Waals surface area (Å²) >= 11 is 0. The van der Waals surface area contributed by atoms with Crippen LogP contribution in [0.15, 0.2) is 42.5 Å². The number of urea groups is 1. The second-order valence-electron chi connectivity index (χ2n) is 7.13. The van der Waals surface area contributed by atoms with E-state index in [2.05, 4.69) is 10.6 Å². The molecular formula is C22H26F3N5O2. The van der Waals surface area contributed by atoms with Crippen molar-refractivity contribution in [1.82, 2.24) is 10.3 Å². The third kappa shape index (κ3) is 6.24. The molecule has 32 heavy (non-hydrogen) atoms. The molecule has 5 N–H and O–H groups in total. The van der Waals surface area contributed by atoms with Crippen molar-refractivity contribution in [3.63, 3.8) is 0 Å². The van der Waals surface area contributed by atoms with E-state index < -0.39 is 17.9 Å². The van der Waals surface area contributed by atoms with Crippen molar-refractivity contribution in [3.05, 3.63) is 64.7 Å². The molecule has 0 bridgehead atoms. The fourth-order valence-corrected chi connectivity index (χ4v) is 2.87. The topological polar surface area (TPSA) is 103 Å². The van der Waals surface area contributed by atoms with Crippen molar-refractivity contribution < 1.29 is 22.7 Å². The molecule has 10 heteroatoms. The molecule has 0 spiro atoms. The van der Waals surface area contributed by atoms with Gasteiger partial charge in [0.15, 0.2) is 0 Å². The number of hydrogen-bond donors (Lipinski definition) is 4. The van der Waals surface area contributed by atoms with Crippen LogP contribution in [-0.4, -0.2) is 37.0 Å². The van der Waals surface area contributed by atoms with Crippen molar-refractivity contribution in [2.45, 2.75) is 26.6 Å². The molecule has 0 aliphatic heterocycles. The zero-order valence-corrected chi connectivity index (χ0v) is 18.2. The zero-order chi connectivity index (χ0) is 24.1. The van der Waals surface area contributed by atoms with Crippen LogP contribution < -0.4 is 21.2 Å². The minimum absolute atomic E-state index is 0.157. The lowest BCUT2D eigenvalue weighted by Gasteiger charge is -2.18.